The van der Waals surface area contributed by atoms with Gasteiger partial charge in [-0.3, -0.25) is 4.57 Å². The normalized spacial score (nSPS) is 11.4. The van der Waals surface area contributed by atoms with Crippen LogP contribution in [0, 0.1) is 5.82 Å². The van der Waals surface area contributed by atoms with Crippen LogP contribution in [-0.2, 0) is 12.7 Å². The van der Waals surface area contributed by atoms with E-state index in [0.29, 0.717) is 29.5 Å². The second-order valence-corrected chi connectivity index (χ2v) is 7.31. The molecule has 1 N–H and O–H groups in total. The highest BCUT2D eigenvalue weighted by atomic mass is 19.4. The van der Waals surface area contributed by atoms with E-state index in [-0.39, 0.29) is 6.54 Å². The van der Waals surface area contributed by atoms with Crippen LogP contribution >= 0.6 is 0 Å². The van der Waals surface area contributed by atoms with Crippen LogP contribution in [0.3, 0.4) is 0 Å². The number of halogens is 4. The van der Waals surface area contributed by atoms with Gasteiger partial charge in [0.2, 0.25) is 5.95 Å². The first-order valence-electron chi connectivity index (χ1n) is 10.3. The Morgan fingerprint density at radius 3 is 2.33 bits per heavy atom. The Morgan fingerprint density at radius 1 is 0.970 bits per heavy atom. The maximum Gasteiger partial charge on any atom is 0.416 e. The van der Waals surface area contributed by atoms with E-state index in [0.717, 1.165) is 23.4 Å². The molecule has 0 amide bonds. The van der Waals surface area contributed by atoms with Gasteiger partial charge in [-0.1, -0.05) is 18.2 Å². The van der Waals surface area contributed by atoms with Gasteiger partial charge in [0.25, 0.3) is 0 Å². The Bertz CT molecular complexity index is 1220. The molecule has 0 atom stereocenters. The summed E-state index contributed by atoms with van der Waals surface area (Å²) in [6.07, 6.45) is -2.61. The number of rotatable bonds is 7. The van der Waals surface area contributed by atoms with Crippen molar-refractivity contribution in [3.8, 4) is 22.7 Å². The molecule has 0 fully saturated rings. The SMILES string of the molecule is CCOc1ccc(-c2cn(-c3cccc(F)c3)c(NCc3ccc(C(F)(F)F)cc3)n2)cc1. The second-order valence-electron chi connectivity index (χ2n) is 7.31. The number of hydrogen-bond donors (Lipinski definition) is 1. The zero-order valence-electron chi connectivity index (χ0n) is 17.7. The van der Waals surface area contributed by atoms with Crippen LogP contribution in [0.1, 0.15) is 18.1 Å². The van der Waals surface area contributed by atoms with Crippen molar-refractivity contribution < 1.29 is 22.3 Å². The van der Waals surface area contributed by atoms with Crippen LogP contribution in [0.25, 0.3) is 16.9 Å². The van der Waals surface area contributed by atoms with E-state index in [1.54, 1.807) is 22.9 Å². The van der Waals surface area contributed by atoms with E-state index in [1.165, 1.54) is 24.3 Å². The van der Waals surface area contributed by atoms with Gasteiger partial charge in [-0.25, -0.2) is 9.37 Å². The van der Waals surface area contributed by atoms with Gasteiger partial charge in [0.1, 0.15) is 11.6 Å². The molecule has 3 aromatic carbocycles. The van der Waals surface area contributed by atoms with Crippen molar-refractivity contribution in [1.29, 1.82) is 0 Å². The molecule has 4 aromatic rings. The summed E-state index contributed by atoms with van der Waals surface area (Å²) in [6.45, 7) is 2.71. The minimum atomic E-state index is -4.38. The molecule has 0 unspecified atom stereocenters. The van der Waals surface area contributed by atoms with Gasteiger partial charge in [0.05, 0.1) is 23.6 Å². The Morgan fingerprint density at radius 2 is 1.70 bits per heavy atom. The molecule has 33 heavy (non-hydrogen) atoms. The number of hydrogen-bond acceptors (Lipinski definition) is 3. The Labute approximate surface area is 188 Å². The molecule has 4 rings (SSSR count). The Balaban J connectivity index is 1.62. The molecule has 0 saturated heterocycles. The molecule has 1 heterocycles. The van der Waals surface area contributed by atoms with Gasteiger partial charge in [0, 0.05) is 18.3 Å². The third-order valence-electron chi connectivity index (χ3n) is 4.99. The molecule has 8 heteroatoms. The lowest BCUT2D eigenvalue weighted by molar-refractivity contribution is -0.137. The van der Waals surface area contributed by atoms with Crippen LogP contribution in [-0.4, -0.2) is 16.2 Å². The number of nitrogens with one attached hydrogen (secondary N) is 1. The number of alkyl halides is 3. The summed E-state index contributed by atoms with van der Waals surface area (Å²) in [4.78, 5) is 4.64. The number of nitrogens with zero attached hydrogens (tertiary/aromatic N) is 2. The number of imidazole rings is 1. The van der Waals surface area contributed by atoms with E-state index in [2.05, 4.69) is 10.3 Å². The molecular weight excluding hydrogens is 434 g/mol. The van der Waals surface area contributed by atoms with Gasteiger partial charge in [-0.2, -0.15) is 13.2 Å². The maximum absolute atomic E-state index is 13.9. The smallest absolute Gasteiger partial charge is 0.416 e. The largest absolute Gasteiger partial charge is 0.494 e. The molecule has 1 aromatic heterocycles. The third-order valence-corrected chi connectivity index (χ3v) is 4.99. The van der Waals surface area contributed by atoms with Gasteiger partial charge in [-0.15, -0.1) is 0 Å². The fraction of sp³-hybridized carbons (Fsp3) is 0.160. The minimum Gasteiger partial charge on any atom is -0.494 e. The summed E-state index contributed by atoms with van der Waals surface area (Å²) in [5.74, 6) is 0.786. The Hall–Kier alpha value is -3.81. The third kappa shape index (κ3) is 5.34. The van der Waals surface area contributed by atoms with Gasteiger partial charge < -0.3 is 10.1 Å². The highest BCUT2D eigenvalue weighted by Gasteiger charge is 2.29. The summed E-state index contributed by atoms with van der Waals surface area (Å²) >= 11 is 0. The van der Waals surface area contributed by atoms with Crippen molar-refractivity contribution in [2.24, 2.45) is 0 Å². The average Bonchev–Trinajstić information content (AvgIpc) is 3.22. The predicted octanol–water partition coefficient (Wildman–Crippen LogP) is 6.71. The van der Waals surface area contributed by atoms with E-state index in [4.69, 9.17) is 4.74 Å². The number of anilines is 1. The molecule has 0 aliphatic carbocycles. The van der Waals surface area contributed by atoms with Gasteiger partial charge >= 0.3 is 6.18 Å². The van der Waals surface area contributed by atoms with Crippen molar-refractivity contribution >= 4 is 5.95 Å². The fourth-order valence-electron chi connectivity index (χ4n) is 3.35. The van der Waals surface area contributed by atoms with Crippen molar-refractivity contribution in [3.05, 3.63) is 95.9 Å². The van der Waals surface area contributed by atoms with E-state index in [1.807, 2.05) is 31.2 Å². The first kappa shape index (κ1) is 22.4. The molecule has 0 aliphatic heterocycles. The zero-order chi connectivity index (χ0) is 23.4. The topological polar surface area (TPSA) is 39.1 Å². The average molecular weight is 455 g/mol. The molecule has 170 valence electrons. The summed E-state index contributed by atoms with van der Waals surface area (Å²) in [7, 11) is 0. The first-order chi connectivity index (χ1) is 15.8. The highest BCUT2D eigenvalue weighted by Crippen LogP contribution is 2.30. The Kier molecular flexibility index (Phi) is 6.35. The van der Waals surface area contributed by atoms with Crippen LogP contribution in [0.15, 0.2) is 79.0 Å². The van der Waals surface area contributed by atoms with Crippen molar-refractivity contribution in [2.75, 3.05) is 11.9 Å². The fourth-order valence-corrected chi connectivity index (χ4v) is 3.35. The number of benzene rings is 3. The molecular formula is C25H21F4N3O. The number of aromatic nitrogens is 2. The summed E-state index contributed by atoms with van der Waals surface area (Å²) in [5.41, 5.74) is 2.00. The molecule has 0 spiro atoms. The standard InChI is InChI=1S/C25H21F4N3O/c1-2-33-22-12-8-18(9-13-22)23-16-32(21-5-3-4-20(26)14-21)24(31-23)30-15-17-6-10-19(11-7-17)25(27,28)29/h3-14,16H,2,15H2,1H3,(H,30,31). The summed E-state index contributed by atoms with van der Waals surface area (Å²) in [5, 5.41) is 3.15. The molecule has 0 radical (unpaired) electrons. The summed E-state index contributed by atoms with van der Waals surface area (Å²) < 4.78 is 59.5. The van der Waals surface area contributed by atoms with Crippen molar-refractivity contribution in [2.45, 2.75) is 19.6 Å². The van der Waals surface area contributed by atoms with Crippen LogP contribution in [0.4, 0.5) is 23.5 Å². The first-order valence-corrected chi connectivity index (χ1v) is 10.3. The molecule has 0 bridgehead atoms. The lowest BCUT2D eigenvalue weighted by atomic mass is 10.1. The lowest BCUT2D eigenvalue weighted by Gasteiger charge is -2.11. The second kappa shape index (κ2) is 9.36. The van der Waals surface area contributed by atoms with E-state index >= 15 is 0 Å². The van der Waals surface area contributed by atoms with Gasteiger partial charge in [0.15, 0.2) is 0 Å². The lowest BCUT2D eigenvalue weighted by Crippen LogP contribution is -2.08. The highest BCUT2D eigenvalue weighted by molar-refractivity contribution is 5.63. The van der Waals surface area contributed by atoms with E-state index < -0.39 is 17.6 Å². The maximum atomic E-state index is 13.9. The molecule has 0 saturated carbocycles. The van der Waals surface area contributed by atoms with Crippen LogP contribution in [0.5, 0.6) is 5.75 Å². The van der Waals surface area contributed by atoms with E-state index in [9.17, 15) is 17.6 Å². The molecule has 0 aliphatic rings. The zero-order valence-corrected chi connectivity index (χ0v) is 17.7. The summed E-state index contributed by atoms with van der Waals surface area (Å²) in [6, 6.07) is 18.4. The number of ether oxygens (including phenoxy) is 1. The predicted molar refractivity (Wildman–Crippen MR) is 119 cm³/mol. The monoisotopic (exact) mass is 455 g/mol. The van der Waals surface area contributed by atoms with Crippen LogP contribution < -0.4 is 10.1 Å². The minimum absolute atomic E-state index is 0.243. The van der Waals surface area contributed by atoms with Crippen molar-refractivity contribution in [1.82, 2.24) is 9.55 Å². The quantitative estimate of drug-likeness (QED) is 0.315. The molecule has 4 nitrogen and oxygen atoms in total. The van der Waals surface area contributed by atoms with Crippen LogP contribution in [0.2, 0.25) is 0 Å². The van der Waals surface area contributed by atoms with Crippen molar-refractivity contribution in [3.63, 3.8) is 0 Å². The van der Waals surface area contributed by atoms with Gasteiger partial charge in [-0.05, 0) is 67.1 Å².